The molecule has 0 amide bonds. The summed E-state index contributed by atoms with van der Waals surface area (Å²) in [5.74, 6) is 4.08. The van der Waals surface area contributed by atoms with Crippen LogP contribution in [0.5, 0.6) is 0 Å². The molecule has 0 spiro atoms. The first-order valence-electron chi connectivity index (χ1n) is 9.67. The van der Waals surface area contributed by atoms with Crippen molar-refractivity contribution < 1.29 is 10.2 Å². The molecule has 2 aliphatic rings. The summed E-state index contributed by atoms with van der Waals surface area (Å²) in [6.07, 6.45) is 6.76. The number of hydrogen-bond donors (Lipinski definition) is 2. The zero-order valence-electron chi connectivity index (χ0n) is 15.8. The van der Waals surface area contributed by atoms with Crippen LogP contribution < -0.4 is 0 Å². The van der Waals surface area contributed by atoms with E-state index in [4.69, 9.17) is 0 Å². The molecule has 0 aliphatic heterocycles. The summed E-state index contributed by atoms with van der Waals surface area (Å²) in [5.41, 5.74) is 0. The first-order chi connectivity index (χ1) is 10.3. The van der Waals surface area contributed by atoms with Crippen molar-refractivity contribution in [3.8, 4) is 0 Å². The van der Waals surface area contributed by atoms with Crippen molar-refractivity contribution in [2.45, 2.75) is 92.3 Å². The first kappa shape index (κ1) is 20.0. The summed E-state index contributed by atoms with van der Waals surface area (Å²) in [4.78, 5) is 0. The van der Waals surface area contributed by atoms with E-state index >= 15 is 0 Å². The second-order valence-electron chi connectivity index (χ2n) is 8.25. The second-order valence-corrected chi connectivity index (χ2v) is 8.25. The average Bonchev–Trinajstić information content (AvgIpc) is 2.44. The van der Waals surface area contributed by atoms with Crippen molar-refractivity contribution in [2.24, 2.45) is 35.5 Å². The summed E-state index contributed by atoms with van der Waals surface area (Å²) in [6, 6.07) is 0. The van der Waals surface area contributed by atoms with E-state index in [-0.39, 0.29) is 12.2 Å². The second kappa shape index (κ2) is 9.27. The number of hydrogen-bond acceptors (Lipinski definition) is 2. The lowest BCUT2D eigenvalue weighted by Crippen LogP contribution is -2.34. The summed E-state index contributed by atoms with van der Waals surface area (Å²) in [5, 5.41) is 19.4. The van der Waals surface area contributed by atoms with Gasteiger partial charge in [-0.25, -0.2) is 0 Å². The van der Waals surface area contributed by atoms with Crippen LogP contribution in [-0.2, 0) is 0 Å². The van der Waals surface area contributed by atoms with E-state index in [1.807, 2.05) is 0 Å². The van der Waals surface area contributed by atoms with Gasteiger partial charge in [0.15, 0.2) is 0 Å². The summed E-state index contributed by atoms with van der Waals surface area (Å²) >= 11 is 0. The number of rotatable bonds is 2. The van der Waals surface area contributed by atoms with Crippen molar-refractivity contribution in [2.75, 3.05) is 0 Å². The Morgan fingerprint density at radius 2 is 1.32 bits per heavy atom. The van der Waals surface area contributed by atoms with E-state index in [0.29, 0.717) is 17.8 Å². The first-order valence-corrected chi connectivity index (χ1v) is 9.67. The standard InChI is InChI=1S/2C10H20O/c1-4-9-8(3)5-7(2)6-10(9)11;1-4-9-8(3)7(2)5-6-10(9)11/h2*7-11H,4-6H2,1-3H3. The van der Waals surface area contributed by atoms with Gasteiger partial charge >= 0.3 is 0 Å². The highest BCUT2D eigenvalue weighted by Gasteiger charge is 2.32. The van der Waals surface area contributed by atoms with Gasteiger partial charge in [-0.1, -0.05) is 54.4 Å². The molecule has 0 aromatic rings. The van der Waals surface area contributed by atoms with E-state index < -0.39 is 0 Å². The van der Waals surface area contributed by atoms with Crippen LogP contribution in [0.3, 0.4) is 0 Å². The zero-order valence-corrected chi connectivity index (χ0v) is 15.8. The maximum Gasteiger partial charge on any atom is 0.0573 e. The molecule has 8 atom stereocenters. The lowest BCUT2D eigenvalue weighted by atomic mass is 9.71. The molecule has 0 aromatic heterocycles. The lowest BCUT2D eigenvalue weighted by molar-refractivity contribution is 0.0116. The van der Waals surface area contributed by atoms with Crippen molar-refractivity contribution >= 4 is 0 Å². The normalized spacial score (nSPS) is 45.8. The molecule has 132 valence electrons. The zero-order chi connectivity index (χ0) is 16.9. The molecule has 2 aliphatic carbocycles. The fraction of sp³-hybridized carbons (Fsp3) is 1.00. The SMILES string of the molecule is CCC1C(C)CC(C)CC1O.CCC1C(O)CCC(C)C1C. The van der Waals surface area contributed by atoms with Gasteiger partial charge in [-0.05, 0) is 61.2 Å². The summed E-state index contributed by atoms with van der Waals surface area (Å²) in [7, 11) is 0. The molecule has 2 fully saturated rings. The minimum atomic E-state index is -0.0289. The monoisotopic (exact) mass is 312 g/mol. The van der Waals surface area contributed by atoms with Crippen molar-refractivity contribution in [3.63, 3.8) is 0 Å². The van der Waals surface area contributed by atoms with E-state index in [0.717, 1.165) is 43.4 Å². The average molecular weight is 313 g/mol. The molecular weight excluding hydrogens is 272 g/mol. The van der Waals surface area contributed by atoms with E-state index in [9.17, 15) is 10.2 Å². The highest BCUT2D eigenvalue weighted by atomic mass is 16.3. The van der Waals surface area contributed by atoms with Crippen LogP contribution >= 0.6 is 0 Å². The van der Waals surface area contributed by atoms with Gasteiger partial charge in [-0.2, -0.15) is 0 Å². The van der Waals surface area contributed by atoms with E-state index in [2.05, 4.69) is 41.5 Å². The predicted octanol–water partition coefficient (Wildman–Crippen LogP) is 4.88. The molecule has 2 rings (SSSR count). The Bertz CT molecular complexity index is 292. The van der Waals surface area contributed by atoms with E-state index in [1.54, 1.807) is 0 Å². The van der Waals surface area contributed by atoms with Crippen LogP contribution in [0.2, 0.25) is 0 Å². The third-order valence-electron chi connectivity index (χ3n) is 6.57. The van der Waals surface area contributed by atoms with Crippen LogP contribution in [0.1, 0.15) is 80.1 Å². The van der Waals surface area contributed by atoms with Crippen molar-refractivity contribution in [1.29, 1.82) is 0 Å². The Morgan fingerprint density at radius 3 is 1.77 bits per heavy atom. The van der Waals surface area contributed by atoms with Crippen molar-refractivity contribution in [1.82, 2.24) is 0 Å². The Labute approximate surface area is 138 Å². The third kappa shape index (κ3) is 5.23. The van der Waals surface area contributed by atoms with Gasteiger partial charge in [0, 0.05) is 0 Å². The van der Waals surface area contributed by atoms with Gasteiger partial charge < -0.3 is 10.2 Å². The molecular formula is C20H40O2. The van der Waals surface area contributed by atoms with Gasteiger partial charge in [-0.3, -0.25) is 0 Å². The number of aliphatic hydroxyl groups is 2. The molecule has 0 saturated heterocycles. The van der Waals surface area contributed by atoms with Crippen LogP contribution in [0.15, 0.2) is 0 Å². The van der Waals surface area contributed by atoms with Gasteiger partial charge in [0.25, 0.3) is 0 Å². The molecule has 0 radical (unpaired) electrons. The smallest absolute Gasteiger partial charge is 0.0573 e. The molecule has 2 N–H and O–H groups in total. The fourth-order valence-corrected chi connectivity index (χ4v) is 4.87. The van der Waals surface area contributed by atoms with Crippen LogP contribution in [-0.4, -0.2) is 22.4 Å². The molecule has 0 heterocycles. The Kier molecular flexibility index (Phi) is 8.42. The Balaban J connectivity index is 0.000000220. The summed E-state index contributed by atoms with van der Waals surface area (Å²) < 4.78 is 0. The topological polar surface area (TPSA) is 40.5 Å². The molecule has 0 aromatic carbocycles. The van der Waals surface area contributed by atoms with Gasteiger partial charge in [0.05, 0.1) is 12.2 Å². The van der Waals surface area contributed by atoms with Gasteiger partial charge in [0.1, 0.15) is 0 Å². The Morgan fingerprint density at radius 1 is 0.727 bits per heavy atom. The minimum Gasteiger partial charge on any atom is -0.393 e. The maximum absolute atomic E-state index is 9.71. The lowest BCUT2D eigenvalue weighted by Gasteiger charge is -2.37. The van der Waals surface area contributed by atoms with Crippen LogP contribution in [0, 0.1) is 35.5 Å². The molecule has 22 heavy (non-hydrogen) atoms. The van der Waals surface area contributed by atoms with Crippen molar-refractivity contribution in [3.05, 3.63) is 0 Å². The van der Waals surface area contributed by atoms with Crippen LogP contribution in [0.4, 0.5) is 0 Å². The number of aliphatic hydroxyl groups excluding tert-OH is 2. The fourth-order valence-electron chi connectivity index (χ4n) is 4.87. The molecule has 2 heteroatoms. The highest BCUT2D eigenvalue weighted by Crippen LogP contribution is 2.36. The Hall–Kier alpha value is -0.0800. The quantitative estimate of drug-likeness (QED) is 0.763. The van der Waals surface area contributed by atoms with Crippen LogP contribution in [0.25, 0.3) is 0 Å². The predicted molar refractivity (Wildman–Crippen MR) is 94.7 cm³/mol. The largest absolute Gasteiger partial charge is 0.393 e. The molecule has 2 nitrogen and oxygen atoms in total. The van der Waals surface area contributed by atoms with E-state index in [1.165, 1.54) is 12.8 Å². The molecule has 0 bridgehead atoms. The third-order valence-corrected chi connectivity index (χ3v) is 6.57. The highest BCUT2D eigenvalue weighted by molar-refractivity contribution is 4.82. The minimum absolute atomic E-state index is 0.0220. The van der Waals surface area contributed by atoms with Gasteiger partial charge in [-0.15, -0.1) is 0 Å². The molecule has 8 unspecified atom stereocenters. The molecule has 2 saturated carbocycles. The maximum atomic E-state index is 9.71. The summed E-state index contributed by atoms with van der Waals surface area (Å²) in [6.45, 7) is 13.5. The van der Waals surface area contributed by atoms with Gasteiger partial charge in [0.2, 0.25) is 0 Å².